The minimum absolute atomic E-state index is 0.0478. The number of benzene rings is 1. The fourth-order valence-corrected chi connectivity index (χ4v) is 5.40. The van der Waals surface area contributed by atoms with E-state index in [1.807, 2.05) is 18.2 Å². The molecule has 1 aliphatic heterocycles. The number of carbonyl (C=O) groups is 2. The Morgan fingerprint density at radius 3 is 2.54 bits per heavy atom. The summed E-state index contributed by atoms with van der Waals surface area (Å²) in [6.45, 7) is 2.97. The molecule has 1 saturated heterocycles. The Labute approximate surface area is 169 Å². The van der Waals surface area contributed by atoms with E-state index in [1.165, 1.54) is 18.3 Å². The van der Waals surface area contributed by atoms with Gasteiger partial charge in [0, 0.05) is 19.6 Å². The van der Waals surface area contributed by atoms with Crippen molar-refractivity contribution in [2.75, 3.05) is 19.6 Å². The maximum Gasteiger partial charge on any atom is 0.263 e. The van der Waals surface area contributed by atoms with Crippen LogP contribution in [0.5, 0.6) is 0 Å². The molecule has 2 heterocycles. The largest absolute Gasteiger partial charge is 0.338 e. The van der Waals surface area contributed by atoms with Crippen molar-refractivity contribution in [3.05, 3.63) is 57.8 Å². The molecule has 0 bridgehead atoms. The maximum atomic E-state index is 12.7. The number of ketones is 1. The van der Waals surface area contributed by atoms with Crippen LogP contribution in [-0.4, -0.2) is 44.6 Å². The molecule has 1 aromatic heterocycles. The number of rotatable bonds is 7. The Morgan fingerprint density at radius 2 is 1.86 bits per heavy atom. The van der Waals surface area contributed by atoms with Gasteiger partial charge < -0.3 is 4.90 Å². The zero-order chi connectivity index (χ0) is 20.1. The van der Waals surface area contributed by atoms with Crippen LogP contribution in [0.25, 0.3) is 0 Å². The fourth-order valence-electron chi connectivity index (χ4n) is 3.30. The average molecular weight is 421 g/mol. The summed E-state index contributed by atoms with van der Waals surface area (Å²) in [7, 11) is -3.42. The van der Waals surface area contributed by atoms with E-state index < -0.39 is 10.0 Å². The summed E-state index contributed by atoms with van der Waals surface area (Å²) in [4.78, 5) is 27.0. The van der Waals surface area contributed by atoms with Gasteiger partial charge in [-0.05, 0) is 43.4 Å². The van der Waals surface area contributed by atoms with Crippen molar-refractivity contribution in [1.29, 1.82) is 0 Å². The highest BCUT2D eigenvalue weighted by Gasteiger charge is 2.26. The summed E-state index contributed by atoms with van der Waals surface area (Å²) >= 11 is 1.21. The maximum absolute atomic E-state index is 12.7. The van der Waals surface area contributed by atoms with Crippen LogP contribution in [0, 0.1) is 5.92 Å². The van der Waals surface area contributed by atoms with Crippen LogP contribution < -0.4 is 4.72 Å². The van der Waals surface area contributed by atoms with E-state index in [2.05, 4.69) is 4.72 Å². The van der Waals surface area contributed by atoms with Gasteiger partial charge in [-0.3, -0.25) is 9.59 Å². The van der Waals surface area contributed by atoms with Crippen molar-refractivity contribution in [1.82, 2.24) is 9.62 Å². The first kappa shape index (κ1) is 20.7. The van der Waals surface area contributed by atoms with Crippen molar-refractivity contribution in [2.45, 2.75) is 25.5 Å². The van der Waals surface area contributed by atoms with Gasteiger partial charge in [0.2, 0.25) is 10.0 Å². The van der Waals surface area contributed by atoms with Crippen molar-refractivity contribution in [3.8, 4) is 0 Å². The lowest BCUT2D eigenvalue weighted by molar-refractivity contribution is 0.0681. The quantitative estimate of drug-likeness (QED) is 0.698. The number of thiophene rings is 1. The van der Waals surface area contributed by atoms with Crippen molar-refractivity contribution < 1.29 is 18.0 Å². The number of nitrogens with one attached hydrogen (secondary N) is 1. The molecule has 0 saturated carbocycles. The van der Waals surface area contributed by atoms with Gasteiger partial charge in [-0.15, -0.1) is 11.3 Å². The molecule has 1 amide bonds. The highest BCUT2D eigenvalue weighted by molar-refractivity contribution is 7.88. The Morgan fingerprint density at radius 1 is 1.14 bits per heavy atom. The van der Waals surface area contributed by atoms with Gasteiger partial charge >= 0.3 is 0 Å². The normalized spacial score (nSPS) is 17.5. The summed E-state index contributed by atoms with van der Waals surface area (Å²) in [6.07, 6.45) is 1.71. The SMILES string of the molecule is CC(=O)c1ccc(C(=O)N2CCC[C@@H](CNS(=O)(=O)Cc3ccccc3)C2)s1. The van der Waals surface area contributed by atoms with E-state index in [-0.39, 0.29) is 23.4 Å². The Balaban J connectivity index is 1.55. The van der Waals surface area contributed by atoms with Crippen LogP contribution in [0.2, 0.25) is 0 Å². The molecule has 0 spiro atoms. The molecule has 1 aliphatic rings. The predicted molar refractivity (Wildman–Crippen MR) is 110 cm³/mol. The average Bonchev–Trinajstić information content (AvgIpc) is 3.17. The van der Waals surface area contributed by atoms with Crippen molar-refractivity contribution in [3.63, 3.8) is 0 Å². The van der Waals surface area contributed by atoms with E-state index >= 15 is 0 Å². The Bertz CT molecular complexity index is 938. The molecular weight excluding hydrogens is 396 g/mol. The molecule has 1 atom stereocenters. The van der Waals surface area contributed by atoms with E-state index in [1.54, 1.807) is 29.2 Å². The van der Waals surface area contributed by atoms with Crippen LogP contribution >= 0.6 is 11.3 Å². The molecular formula is C20H24N2O4S2. The number of hydrogen-bond acceptors (Lipinski definition) is 5. The van der Waals surface area contributed by atoms with E-state index in [9.17, 15) is 18.0 Å². The third-order valence-electron chi connectivity index (χ3n) is 4.76. The second-order valence-corrected chi connectivity index (χ2v) is 9.96. The lowest BCUT2D eigenvalue weighted by Gasteiger charge is -2.32. The van der Waals surface area contributed by atoms with E-state index in [4.69, 9.17) is 0 Å². The Hall–Kier alpha value is -2.03. The molecule has 6 nitrogen and oxygen atoms in total. The monoisotopic (exact) mass is 420 g/mol. The number of carbonyl (C=O) groups excluding carboxylic acids is 2. The van der Waals surface area contributed by atoms with Crippen molar-refractivity contribution >= 4 is 33.1 Å². The number of likely N-dealkylation sites (tertiary alicyclic amines) is 1. The first-order valence-electron chi connectivity index (χ1n) is 9.25. The number of hydrogen-bond donors (Lipinski definition) is 1. The molecule has 1 N–H and O–H groups in total. The molecule has 1 aromatic carbocycles. The molecule has 150 valence electrons. The first-order chi connectivity index (χ1) is 13.3. The summed E-state index contributed by atoms with van der Waals surface area (Å²) < 4.78 is 27.3. The second-order valence-electron chi connectivity index (χ2n) is 7.07. The molecule has 3 rings (SSSR count). The minimum atomic E-state index is -3.42. The third kappa shape index (κ3) is 5.50. The minimum Gasteiger partial charge on any atom is -0.338 e. The summed E-state index contributed by atoms with van der Waals surface area (Å²) in [5.41, 5.74) is 0.745. The smallest absolute Gasteiger partial charge is 0.263 e. The standard InChI is InChI=1S/C20H24N2O4S2/c1-15(23)18-9-10-19(27-18)20(24)22-11-5-8-17(13-22)12-21-28(25,26)14-16-6-3-2-4-7-16/h2-4,6-7,9-10,17,21H,5,8,11-14H2,1H3/t17-/m0/s1. The summed E-state index contributed by atoms with van der Waals surface area (Å²) in [5.74, 6) is -0.107. The first-order valence-corrected chi connectivity index (χ1v) is 11.7. The second kappa shape index (κ2) is 8.98. The fraction of sp³-hybridized carbons (Fsp3) is 0.400. The van der Waals surface area contributed by atoms with Gasteiger partial charge in [-0.2, -0.15) is 0 Å². The topological polar surface area (TPSA) is 83.6 Å². The Kier molecular flexibility index (Phi) is 6.64. The molecule has 0 radical (unpaired) electrons. The zero-order valence-corrected chi connectivity index (χ0v) is 17.4. The van der Waals surface area contributed by atoms with Gasteiger partial charge in [0.15, 0.2) is 5.78 Å². The molecule has 8 heteroatoms. The third-order valence-corrected chi connectivity index (χ3v) is 7.26. The van der Waals surface area contributed by atoms with Gasteiger partial charge in [-0.1, -0.05) is 30.3 Å². The zero-order valence-electron chi connectivity index (χ0n) is 15.8. The highest BCUT2D eigenvalue weighted by Crippen LogP contribution is 2.23. The lowest BCUT2D eigenvalue weighted by atomic mass is 9.98. The highest BCUT2D eigenvalue weighted by atomic mass is 32.2. The molecule has 1 fully saturated rings. The molecule has 0 unspecified atom stereocenters. The summed E-state index contributed by atoms with van der Waals surface area (Å²) in [5, 5.41) is 0. The molecule has 28 heavy (non-hydrogen) atoms. The van der Waals surface area contributed by atoms with E-state index in [0.717, 1.165) is 18.4 Å². The van der Waals surface area contributed by atoms with Gasteiger partial charge in [0.25, 0.3) is 5.91 Å². The predicted octanol–water partition coefficient (Wildman–Crippen LogP) is 2.92. The van der Waals surface area contributed by atoms with Crippen LogP contribution in [0.15, 0.2) is 42.5 Å². The lowest BCUT2D eigenvalue weighted by Crippen LogP contribution is -2.43. The number of Topliss-reactive ketones (excluding diaryl/α,β-unsaturated/α-hetero) is 1. The molecule has 0 aliphatic carbocycles. The van der Waals surface area contributed by atoms with Crippen LogP contribution in [0.3, 0.4) is 0 Å². The number of piperidine rings is 1. The summed E-state index contributed by atoms with van der Waals surface area (Å²) in [6, 6.07) is 12.4. The van der Waals surface area contributed by atoms with Crippen LogP contribution in [0.4, 0.5) is 0 Å². The van der Waals surface area contributed by atoms with Crippen LogP contribution in [-0.2, 0) is 15.8 Å². The van der Waals surface area contributed by atoms with Crippen molar-refractivity contribution in [2.24, 2.45) is 5.92 Å². The molecule has 2 aromatic rings. The van der Waals surface area contributed by atoms with Gasteiger partial charge in [0.05, 0.1) is 15.5 Å². The van der Waals surface area contributed by atoms with Crippen LogP contribution in [0.1, 0.15) is 44.7 Å². The number of sulfonamides is 1. The van der Waals surface area contributed by atoms with Gasteiger partial charge in [0.1, 0.15) is 0 Å². The number of nitrogens with zero attached hydrogens (tertiary/aromatic N) is 1. The van der Waals surface area contributed by atoms with Gasteiger partial charge in [-0.25, -0.2) is 13.1 Å². The number of amides is 1. The van der Waals surface area contributed by atoms with E-state index in [0.29, 0.717) is 29.4 Å².